The Morgan fingerprint density at radius 1 is 0.963 bits per heavy atom. The second-order valence-electron chi connectivity index (χ2n) is 7.09. The van der Waals surface area contributed by atoms with Gasteiger partial charge in [0.05, 0.1) is 25.4 Å². The fraction of sp³-hybridized carbons (Fsp3) is 0.810. The molecule has 0 N–H and O–H groups in total. The van der Waals surface area contributed by atoms with Gasteiger partial charge in [0.25, 0.3) is 0 Å². The van der Waals surface area contributed by atoms with Gasteiger partial charge < -0.3 is 18.9 Å². The van der Waals surface area contributed by atoms with E-state index in [0.717, 1.165) is 63.7 Å². The van der Waals surface area contributed by atoms with Crippen LogP contribution in [0.15, 0.2) is 12.4 Å². The lowest BCUT2D eigenvalue weighted by atomic mass is 10.1. The highest BCUT2D eigenvalue weighted by Gasteiger charge is 2.37. The number of ether oxygens (including phenoxy) is 4. The molecule has 0 unspecified atom stereocenters. The van der Waals surface area contributed by atoms with Crippen LogP contribution in [-0.4, -0.2) is 48.6 Å². The van der Waals surface area contributed by atoms with Crippen molar-refractivity contribution in [2.45, 2.75) is 84.0 Å². The van der Waals surface area contributed by atoms with E-state index in [1.807, 2.05) is 12.4 Å². The third-order valence-electron chi connectivity index (χ3n) is 4.70. The second kappa shape index (κ2) is 13.0. The summed E-state index contributed by atoms with van der Waals surface area (Å²) < 4.78 is 23.7. The van der Waals surface area contributed by atoms with Crippen molar-refractivity contribution in [3.63, 3.8) is 0 Å². The number of aromatic nitrogens is 2. The molecule has 1 saturated heterocycles. The van der Waals surface area contributed by atoms with Gasteiger partial charge in [0, 0.05) is 37.6 Å². The molecule has 1 fully saturated rings. The van der Waals surface area contributed by atoms with E-state index in [4.69, 9.17) is 18.9 Å². The summed E-state index contributed by atoms with van der Waals surface area (Å²) in [5, 5.41) is 0. The maximum Gasteiger partial charge on any atom is 0.316 e. The average Bonchev–Trinajstić information content (AvgIpc) is 3.09. The Morgan fingerprint density at radius 2 is 1.63 bits per heavy atom. The molecule has 1 aromatic rings. The molecule has 0 amide bonds. The fourth-order valence-electron chi connectivity index (χ4n) is 2.95. The summed E-state index contributed by atoms with van der Waals surface area (Å²) in [6.45, 7) is 9.24. The second-order valence-corrected chi connectivity index (χ2v) is 7.09. The Bertz CT molecular complexity index is 497. The molecule has 0 saturated carbocycles. The van der Waals surface area contributed by atoms with Crippen molar-refractivity contribution in [1.82, 2.24) is 9.97 Å². The van der Waals surface area contributed by atoms with Crippen molar-refractivity contribution in [2.75, 3.05) is 26.4 Å². The van der Waals surface area contributed by atoms with Crippen LogP contribution in [0.25, 0.3) is 0 Å². The standard InChI is InChI=1S/C21H36N2O4/c1-4-7-10-24-16-20-19(25-11-8-5-2)13-18(27-20)17-14-22-21(23-15-17)26-12-9-6-3/h14-15,18-20H,4-13,16H2,1-3H3/t18-,19-,20-/m1/s1. The predicted molar refractivity (Wildman–Crippen MR) is 105 cm³/mol. The molecule has 1 aliphatic heterocycles. The highest BCUT2D eigenvalue weighted by atomic mass is 16.6. The molecule has 0 aliphatic carbocycles. The van der Waals surface area contributed by atoms with E-state index in [1.54, 1.807) is 0 Å². The minimum atomic E-state index is -0.0545. The van der Waals surface area contributed by atoms with E-state index >= 15 is 0 Å². The van der Waals surface area contributed by atoms with Crippen molar-refractivity contribution in [1.29, 1.82) is 0 Å². The smallest absolute Gasteiger partial charge is 0.316 e. The molecule has 27 heavy (non-hydrogen) atoms. The van der Waals surface area contributed by atoms with E-state index < -0.39 is 0 Å². The Labute approximate surface area is 164 Å². The van der Waals surface area contributed by atoms with Crippen molar-refractivity contribution >= 4 is 0 Å². The lowest BCUT2D eigenvalue weighted by Gasteiger charge is -2.19. The summed E-state index contributed by atoms with van der Waals surface area (Å²) in [6.07, 6.45) is 10.9. The molecular weight excluding hydrogens is 344 g/mol. The molecular formula is C21H36N2O4. The molecule has 2 heterocycles. The van der Waals surface area contributed by atoms with Gasteiger partial charge >= 0.3 is 6.01 Å². The zero-order valence-electron chi connectivity index (χ0n) is 17.2. The third-order valence-corrected chi connectivity index (χ3v) is 4.70. The predicted octanol–water partition coefficient (Wildman–Crippen LogP) is 4.49. The minimum absolute atomic E-state index is 0.0378. The maximum atomic E-state index is 6.24. The van der Waals surface area contributed by atoms with Gasteiger partial charge in [0.1, 0.15) is 6.10 Å². The first-order valence-corrected chi connectivity index (χ1v) is 10.6. The summed E-state index contributed by atoms with van der Waals surface area (Å²) in [5.74, 6) is 0. The summed E-state index contributed by atoms with van der Waals surface area (Å²) in [6, 6.07) is 0.431. The minimum Gasteiger partial charge on any atom is -0.463 e. The first-order valence-electron chi connectivity index (χ1n) is 10.6. The van der Waals surface area contributed by atoms with Crippen LogP contribution in [0.2, 0.25) is 0 Å². The molecule has 3 atom stereocenters. The number of hydrogen-bond acceptors (Lipinski definition) is 6. The van der Waals surface area contributed by atoms with Gasteiger partial charge in [-0.2, -0.15) is 0 Å². The largest absolute Gasteiger partial charge is 0.463 e. The maximum absolute atomic E-state index is 6.24. The van der Waals surface area contributed by atoms with Crippen molar-refractivity contribution in [3.05, 3.63) is 18.0 Å². The zero-order valence-corrected chi connectivity index (χ0v) is 17.2. The number of unbranched alkanes of at least 4 members (excludes halogenated alkanes) is 3. The normalized spacial score (nSPS) is 22.3. The highest BCUT2D eigenvalue weighted by molar-refractivity contribution is 5.13. The zero-order chi connectivity index (χ0) is 19.3. The topological polar surface area (TPSA) is 62.7 Å². The van der Waals surface area contributed by atoms with Crippen molar-refractivity contribution in [3.8, 4) is 6.01 Å². The van der Waals surface area contributed by atoms with Crippen LogP contribution >= 0.6 is 0 Å². The lowest BCUT2D eigenvalue weighted by Crippen LogP contribution is -2.29. The Kier molecular flexibility index (Phi) is 10.6. The van der Waals surface area contributed by atoms with Crippen molar-refractivity contribution in [2.24, 2.45) is 0 Å². The van der Waals surface area contributed by atoms with E-state index in [0.29, 0.717) is 19.2 Å². The quantitative estimate of drug-likeness (QED) is 0.443. The van der Waals surface area contributed by atoms with Gasteiger partial charge in [-0.1, -0.05) is 40.0 Å². The first-order chi connectivity index (χ1) is 13.3. The van der Waals surface area contributed by atoms with E-state index in [9.17, 15) is 0 Å². The van der Waals surface area contributed by atoms with Gasteiger partial charge in [-0.15, -0.1) is 0 Å². The van der Waals surface area contributed by atoms with Crippen LogP contribution in [0.4, 0.5) is 0 Å². The summed E-state index contributed by atoms with van der Waals surface area (Å²) in [7, 11) is 0. The molecule has 0 spiro atoms. The summed E-state index contributed by atoms with van der Waals surface area (Å²) in [5.41, 5.74) is 0.970. The molecule has 6 heteroatoms. The fourth-order valence-corrected chi connectivity index (χ4v) is 2.95. The average molecular weight is 381 g/mol. The Balaban J connectivity index is 1.89. The molecule has 1 aliphatic rings. The van der Waals surface area contributed by atoms with Gasteiger partial charge in [0.2, 0.25) is 0 Å². The SMILES string of the molecule is CCCCOC[C@H]1O[C@@H](c2cnc(OCCCC)nc2)C[C@H]1OCCCC. The molecule has 6 nitrogen and oxygen atoms in total. The molecule has 2 rings (SSSR count). The molecule has 1 aromatic heterocycles. The van der Waals surface area contributed by atoms with Gasteiger partial charge in [-0.3, -0.25) is 0 Å². The summed E-state index contributed by atoms with van der Waals surface area (Å²) in [4.78, 5) is 8.64. The van der Waals surface area contributed by atoms with Crippen LogP contribution in [0.5, 0.6) is 6.01 Å². The monoisotopic (exact) mass is 380 g/mol. The number of rotatable bonds is 14. The van der Waals surface area contributed by atoms with Crippen LogP contribution in [0.1, 0.15) is 77.4 Å². The molecule has 0 aromatic carbocycles. The van der Waals surface area contributed by atoms with Crippen molar-refractivity contribution < 1.29 is 18.9 Å². The van der Waals surface area contributed by atoms with Crippen LogP contribution in [0, 0.1) is 0 Å². The lowest BCUT2D eigenvalue weighted by molar-refractivity contribution is -0.0651. The number of nitrogens with zero attached hydrogens (tertiary/aromatic N) is 2. The van der Waals surface area contributed by atoms with Gasteiger partial charge in [-0.05, 0) is 19.3 Å². The van der Waals surface area contributed by atoms with Gasteiger partial charge in [0.15, 0.2) is 0 Å². The van der Waals surface area contributed by atoms with Crippen LogP contribution in [0.3, 0.4) is 0 Å². The third kappa shape index (κ3) is 7.72. The van der Waals surface area contributed by atoms with E-state index in [-0.39, 0.29) is 18.3 Å². The highest BCUT2D eigenvalue weighted by Crippen LogP contribution is 2.34. The molecule has 0 radical (unpaired) electrons. The Morgan fingerprint density at radius 3 is 2.33 bits per heavy atom. The van der Waals surface area contributed by atoms with Crippen LogP contribution in [-0.2, 0) is 14.2 Å². The molecule has 0 bridgehead atoms. The Hall–Kier alpha value is -1.24. The summed E-state index contributed by atoms with van der Waals surface area (Å²) >= 11 is 0. The molecule has 154 valence electrons. The first kappa shape index (κ1) is 22.1. The van der Waals surface area contributed by atoms with Gasteiger partial charge in [-0.25, -0.2) is 9.97 Å². The van der Waals surface area contributed by atoms with E-state index in [2.05, 4.69) is 30.7 Å². The van der Waals surface area contributed by atoms with E-state index in [1.165, 1.54) is 0 Å². The number of hydrogen-bond donors (Lipinski definition) is 0. The van der Waals surface area contributed by atoms with Crippen LogP contribution < -0.4 is 4.74 Å².